The van der Waals surface area contributed by atoms with Gasteiger partial charge in [-0.15, -0.1) is 0 Å². The summed E-state index contributed by atoms with van der Waals surface area (Å²) in [4.78, 5) is 2.56. The lowest BCUT2D eigenvalue weighted by molar-refractivity contribution is 0.153. The monoisotopic (exact) mass is 218 g/mol. The van der Waals surface area contributed by atoms with Crippen molar-refractivity contribution in [3.05, 3.63) is 29.3 Å². The lowest BCUT2D eigenvalue weighted by atomic mass is 9.95. The molecule has 1 aromatic carbocycles. The lowest BCUT2D eigenvalue weighted by Crippen LogP contribution is -2.40. The van der Waals surface area contributed by atoms with Crippen LogP contribution in [0.2, 0.25) is 0 Å². The summed E-state index contributed by atoms with van der Waals surface area (Å²) >= 11 is 0. The smallest absolute Gasteiger partial charge is 0.0350 e. The molecule has 1 heterocycles. The van der Waals surface area contributed by atoms with Crippen LogP contribution < -0.4 is 5.73 Å². The third-order valence-corrected chi connectivity index (χ3v) is 3.87. The van der Waals surface area contributed by atoms with Crippen LogP contribution in [0.25, 0.3) is 0 Å². The molecule has 2 heteroatoms. The summed E-state index contributed by atoms with van der Waals surface area (Å²) in [6, 6.07) is 6.94. The fourth-order valence-electron chi connectivity index (χ4n) is 2.43. The van der Waals surface area contributed by atoms with Crippen molar-refractivity contribution in [1.29, 1.82) is 0 Å². The van der Waals surface area contributed by atoms with E-state index in [1.54, 1.807) is 0 Å². The number of fused-ring (bicyclic) bond motifs is 1. The van der Waals surface area contributed by atoms with Crippen molar-refractivity contribution in [3.8, 4) is 0 Å². The summed E-state index contributed by atoms with van der Waals surface area (Å²) in [5, 5.41) is 0. The van der Waals surface area contributed by atoms with E-state index in [-0.39, 0.29) is 0 Å². The van der Waals surface area contributed by atoms with Gasteiger partial charge in [0.1, 0.15) is 0 Å². The van der Waals surface area contributed by atoms with Gasteiger partial charge in [-0.3, -0.25) is 4.90 Å². The highest BCUT2D eigenvalue weighted by Crippen LogP contribution is 2.26. The fraction of sp³-hybridized carbons (Fsp3) is 0.571. The number of rotatable bonds is 2. The Kier molecular flexibility index (Phi) is 3.20. The molecule has 2 N–H and O–H groups in total. The first kappa shape index (κ1) is 11.5. The van der Waals surface area contributed by atoms with E-state index >= 15 is 0 Å². The minimum Gasteiger partial charge on any atom is -0.398 e. The van der Waals surface area contributed by atoms with Crippen LogP contribution in [0.3, 0.4) is 0 Å². The molecule has 0 saturated heterocycles. The molecule has 2 nitrogen and oxygen atoms in total. The minimum absolute atomic E-state index is 0.648. The highest BCUT2D eigenvalue weighted by Gasteiger charge is 2.23. The molecule has 0 radical (unpaired) electrons. The predicted octanol–water partition coefficient (Wildman–Crippen LogP) is 2.67. The maximum Gasteiger partial charge on any atom is 0.0350 e. The summed E-state index contributed by atoms with van der Waals surface area (Å²) in [5.74, 6) is 0.711. The molecule has 0 bridgehead atoms. The summed E-state index contributed by atoms with van der Waals surface area (Å²) in [6.07, 6.45) is 1.10. The van der Waals surface area contributed by atoms with Crippen molar-refractivity contribution in [2.75, 3.05) is 12.3 Å². The molecule has 0 aromatic heterocycles. The van der Waals surface area contributed by atoms with Gasteiger partial charge < -0.3 is 5.73 Å². The van der Waals surface area contributed by atoms with Crippen LogP contribution in [0.15, 0.2) is 18.2 Å². The molecule has 1 aromatic rings. The second-order valence-electron chi connectivity index (χ2n) is 5.19. The van der Waals surface area contributed by atoms with Crippen molar-refractivity contribution in [2.24, 2.45) is 5.92 Å². The Morgan fingerprint density at radius 2 is 2.00 bits per heavy atom. The molecule has 2 rings (SSSR count). The average molecular weight is 218 g/mol. The zero-order chi connectivity index (χ0) is 11.7. The number of hydrogen-bond acceptors (Lipinski definition) is 2. The summed E-state index contributed by atoms with van der Waals surface area (Å²) in [6.45, 7) is 9.10. The van der Waals surface area contributed by atoms with E-state index in [2.05, 4.69) is 37.8 Å². The summed E-state index contributed by atoms with van der Waals surface area (Å²) < 4.78 is 0. The van der Waals surface area contributed by atoms with E-state index in [0.717, 1.165) is 25.2 Å². The molecule has 1 aliphatic rings. The second-order valence-corrected chi connectivity index (χ2v) is 5.19. The predicted molar refractivity (Wildman–Crippen MR) is 69.3 cm³/mol. The number of nitrogen functional groups attached to an aromatic ring is 1. The van der Waals surface area contributed by atoms with E-state index in [0.29, 0.717) is 12.0 Å². The van der Waals surface area contributed by atoms with Gasteiger partial charge in [0.25, 0.3) is 0 Å². The average Bonchev–Trinajstić information content (AvgIpc) is 2.28. The Bertz CT molecular complexity index is 371. The number of nitrogens with two attached hydrogens (primary N) is 1. The van der Waals surface area contributed by atoms with E-state index in [1.165, 1.54) is 11.1 Å². The first-order valence-electron chi connectivity index (χ1n) is 6.20. The van der Waals surface area contributed by atoms with Crippen molar-refractivity contribution < 1.29 is 0 Å². The third-order valence-electron chi connectivity index (χ3n) is 3.87. The summed E-state index contributed by atoms with van der Waals surface area (Å²) in [5.41, 5.74) is 9.76. The van der Waals surface area contributed by atoms with Gasteiger partial charge in [-0.05, 0) is 36.5 Å². The van der Waals surface area contributed by atoms with Gasteiger partial charge in [-0.25, -0.2) is 0 Å². The number of hydrogen-bond donors (Lipinski definition) is 1. The zero-order valence-electron chi connectivity index (χ0n) is 10.5. The molecule has 1 unspecified atom stereocenters. The van der Waals surface area contributed by atoms with E-state index < -0.39 is 0 Å². The number of nitrogens with zero attached hydrogens (tertiary/aromatic N) is 1. The molecule has 88 valence electrons. The molecule has 16 heavy (non-hydrogen) atoms. The lowest BCUT2D eigenvalue weighted by Gasteiger charge is -2.36. The van der Waals surface area contributed by atoms with Crippen molar-refractivity contribution in [3.63, 3.8) is 0 Å². The van der Waals surface area contributed by atoms with Gasteiger partial charge in [0.2, 0.25) is 0 Å². The molecule has 0 spiro atoms. The van der Waals surface area contributed by atoms with Crippen molar-refractivity contribution in [2.45, 2.75) is 39.8 Å². The van der Waals surface area contributed by atoms with Crippen LogP contribution >= 0.6 is 0 Å². The van der Waals surface area contributed by atoms with Gasteiger partial charge in [0.05, 0.1) is 0 Å². The molecule has 0 fully saturated rings. The van der Waals surface area contributed by atoms with Crippen LogP contribution in [-0.4, -0.2) is 17.5 Å². The van der Waals surface area contributed by atoms with E-state index in [9.17, 15) is 0 Å². The SMILES string of the molecule is CC(C)C(C)N1CCc2c(N)cccc2C1. The van der Waals surface area contributed by atoms with E-state index in [1.807, 2.05) is 6.07 Å². The van der Waals surface area contributed by atoms with Crippen LogP contribution in [0.1, 0.15) is 31.9 Å². The van der Waals surface area contributed by atoms with Gasteiger partial charge >= 0.3 is 0 Å². The highest BCUT2D eigenvalue weighted by molar-refractivity contribution is 5.51. The van der Waals surface area contributed by atoms with Gasteiger partial charge in [0, 0.05) is 24.8 Å². The van der Waals surface area contributed by atoms with Crippen molar-refractivity contribution in [1.82, 2.24) is 4.90 Å². The standard InChI is InChI=1S/C14H22N2/c1-10(2)11(3)16-8-7-13-12(9-16)5-4-6-14(13)15/h4-6,10-11H,7-9,15H2,1-3H3. The normalized spacial score (nSPS) is 18.5. The first-order valence-corrected chi connectivity index (χ1v) is 6.20. The Morgan fingerprint density at radius 3 is 2.69 bits per heavy atom. The fourth-order valence-corrected chi connectivity index (χ4v) is 2.43. The quantitative estimate of drug-likeness (QED) is 0.773. The molecule has 0 amide bonds. The van der Waals surface area contributed by atoms with E-state index in [4.69, 9.17) is 5.73 Å². The molecule has 0 aliphatic carbocycles. The summed E-state index contributed by atoms with van der Waals surface area (Å²) in [7, 11) is 0. The maximum atomic E-state index is 6.00. The van der Waals surface area contributed by atoms with Crippen LogP contribution in [0.5, 0.6) is 0 Å². The zero-order valence-corrected chi connectivity index (χ0v) is 10.5. The Balaban J connectivity index is 2.18. The first-order chi connectivity index (χ1) is 7.59. The molecule has 1 aliphatic heterocycles. The van der Waals surface area contributed by atoms with Crippen LogP contribution in [0, 0.1) is 5.92 Å². The third kappa shape index (κ3) is 2.07. The number of benzene rings is 1. The Hall–Kier alpha value is -1.02. The van der Waals surface area contributed by atoms with Crippen LogP contribution in [-0.2, 0) is 13.0 Å². The van der Waals surface area contributed by atoms with Crippen molar-refractivity contribution >= 4 is 5.69 Å². The van der Waals surface area contributed by atoms with Crippen LogP contribution in [0.4, 0.5) is 5.69 Å². The second kappa shape index (κ2) is 4.46. The molecule has 1 atom stereocenters. The number of anilines is 1. The van der Waals surface area contributed by atoms with Gasteiger partial charge in [-0.1, -0.05) is 26.0 Å². The molecular formula is C14H22N2. The maximum absolute atomic E-state index is 6.00. The Labute approximate surface area is 98.4 Å². The largest absolute Gasteiger partial charge is 0.398 e. The highest BCUT2D eigenvalue weighted by atomic mass is 15.2. The van der Waals surface area contributed by atoms with Gasteiger partial charge in [-0.2, -0.15) is 0 Å². The van der Waals surface area contributed by atoms with Gasteiger partial charge in [0.15, 0.2) is 0 Å². The molecule has 0 saturated carbocycles. The minimum atomic E-state index is 0.648. The Morgan fingerprint density at radius 1 is 1.25 bits per heavy atom. The molecular weight excluding hydrogens is 196 g/mol. The topological polar surface area (TPSA) is 29.3 Å².